The van der Waals surface area contributed by atoms with Gasteiger partial charge in [0, 0.05) is 16.2 Å². The number of aromatic amines is 1. The van der Waals surface area contributed by atoms with E-state index >= 15 is 0 Å². The van der Waals surface area contributed by atoms with Crippen LogP contribution in [-0.2, 0) is 0 Å². The summed E-state index contributed by atoms with van der Waals surface area (Å²) in [6, 6.07) is 7.44. The number of nitrogens with one attached hydrogen (secondary N) is 2. The highest BCUT2D eigenvalue weighted by molar-refractivity contribution is 9.10. The van der Waals surface area contributed by atoms with Crippen molar-refractivity contribution >= 4 is 27.7 Å². The highest BCUT2D eigenvalue weighted by atomic mass is 79.9. The van der Waals surface area contributed by atoms with E-state index in [2.05, 4.69) is 45.3 Å². The van der Waals surface area contributed by atoms with Crippen LogP contribution in [0.5, 0.6) is 0 Å². The van der Waals surface area contributed by atoms with Gasteiger partial charge in [0.05, 0.1) is 5.56 Å². The van der Waals surface area contributed by atoms with Gasteiger partial charge in [0.1, 0.15) is 0 Å². The van der Waals surface area contributed by atoms with Crippen molar-refractivity contribution in [2.45, 2.75) is 26.7 Å². The number of H-pyrrole nitrogens is 1. The van der Waals surface area contributed by atoms with Crippen molar-refractivity contribution in [1.29, 1.82) is 0 Å². The van der Waals surface area contributed by atoms with Crippen molar-refractivity contribution in [3.05, 3.63) is 45.6 Å². The number of benzene rings is 1. The van der Waals surface area contributed by atoms with E-state index in [1.54, 1.807) is 6.07 Å². The smallest absolute Gasteiger partial charge is 0.258 e. The third-order valence-electron chi connectivity index (χ3n) is 2.90. The summed E-state index contributed by atoms with van der Waals surface area (Å²) in [7, 11) is 0. The maximum atomic E-state index is 12.2. The Morgan fingerprint density at radius 2 is 2.16 bits per heavy atom. The first-order valence-electron chi connectivity index (χ1n) is 6.11. The van der Waals surface area contributed by atoms with Crippen LogP contribution in [0.3, 0.4) is 0 Å². The van der Waals surface area contributed by atoms with Gasteiger partial charge in [0.15, 0.2) is 5.82 Å². The predicted molar refractivity (Wildman–Crippen MR) is 79.5 cm³/mol. The van der Waals surface area contributed by atoms with Crippen LogP contribution in [0.2, 0.25) is 0 Å². The third kappa shape index (κ3) is 3.04. The Labute approximate surface area is 120 Å². The van der Waals surface area contributed by atoms with Gasteiger partial charge in [0.25, 0.3) is 5.91 Å². The van der Waals surface area contributed by atoms with Crippen LogP contribution in [0.4, 0.5) is 5.82 Å². The summed E-state index contributed by atoms with van der Waals surface area (Å²) < 4.78 is 0.812. The van der Waals surface area contributed by atoms with E-state index in [1.165, 1.54) is 0 Å². The zero-order valence-corrected chi connectivity index (χ0v) is 12.7. The van der Waals surface area contributed by atoms with Gasteiger partial charge in [-0.15, -0.1) is 0 Å². The van der Waals surface area contributed by atoms with Crippen LogP contribution in [0.25, 0.3) is 0 Å². The van der Waals surface area contributed by atoms with Gasteiger partial charge in [-0.1, -0.05) is 26.0 Å². The summed E-state index contributed by atoms with van der Waals surface area (Å²) in [6.45, 7) is 6.08. The Balaban J connectivity index is 2.18. The number of hydrogen-bond acceptors (Lipinski definition) is 2. The van der Waals surface area contributed by atoms with Gasteiger partial charge in [-0.2, -0.15) is 5.10 Å². The molecule has 1 aromatic heterocycles. The second-order valence-electron chi connectivity index (χ2n) is 4.75. The summed E-state index contributed by atoms with van der Waals surface area (Å²) in [4.78, 5) is 12.2. The second-order valence-corrected chi connectivity index (χ2v) is 5.55. The van der Waals surface area contributed by atoms with Crippen molar-refractivity contribution in [3.8, 4) is 0 Å². The molecule has 0 radical (unpaired) electrons. The van der Waals surface area contributed by atoms with Gasteiger partial charge in [0.2, 0.25) is 0 Å². The largest absolute Gasteiger partial charge is 0.305 e. The summed E-state index contributed by atoms with van der Waals surface area (Å²) in [5.41, 5.74) is 2.63. The minimum absolute atomic E-state index is 0.169. The Hall–Kier alpha value is -1.62. The second kappa shape index (κ2) is 5.57. The van der Waals surface area contributed by atoms with Gasteiger partial charge >= 0.3 is 0 Å². The van der Waals surface area contributed by atoms with Gasteiger partial charge in [-0.05, 0) is 40.4 Å². The highest BCUT2D eigenvalue weighted by Crippen LogP contribution is 2.22. The van der Waals surface area contributed by atoms with Crippen LogP contribution >= 0.6 is 15.9 Å². The standard InChI is InChI=1S/C14H16BrN3O/c1-8(2)11-7-12(18-17-11)16-14(19)10-6-4-5-9(3)13(10)15/h4-8H,1-3H3,(H2,16,17,18,19). The zero-order chi connectivity index (χ0) is 14.0. The van der Waals surface area contributed by atoms with Crippen molar-refractivity contribution in [2.75, 3.05) is 5.32 Å². The number of nitrogens with zero attached hydrogens (tertiary/aromatic N) is 1. The first-order chi connectivity index (χ1) is 8.99. The molecule has 0 spiro atoms. The minimum Gasteiger partial charge on any atom is -0.305 e. The van der Waals surface area contributed by atoms with E-state index in [0.717, 1.165) is 15.7 Å². The third-order valence-corrected chi connectivity index (χ3v) is 3.95. The Kier molecular flexibility index (Phi) is 4.04. The average Bonchev–Trinajstić information content (AvgIpc) is 2.81. The molecule has 0 aliphatic carbocycles. The number of anilines is 1. The summed E-state index contributed by atoms with van der Waals surface area (Å²) in [5, 5.41) is 9.78. The normalized spacial score (nSPS) is 10.8. The minimum atomic E-state index is -0.169. The molecule has 19 heavy (non-hydrogen) atoms. The number of aryl methyl sites for hydroxylation is 1. The van der Waals surface area contributed by atoms with Crippen molar-refractivity contribution < 1.29 is 4.79 Å². The van der Waals surface area contributed by atoms with Crippen LogP contribution < -0.4 is 5.32 Å². The molecule has 0 unspecified atom stereocenters. The van der Waals surface area contributed by atoms with E-state index < -0.39 is 0 Å². The van der Waals surface area contributed by atoms with Crippen molar-refractivity contribution in [3.63, 3.8) is 0 Å². The number of halogens is 1. The van der Waals surface area contributed by atoms with Crippen molar-refractivity contribution in [2.24, 2.45) is 0 Å². The van der Waals surface area contributed by atoms with E-state index in [-0.39, 0.29) is 5.91 Å². The molecule has 0 aliphatic rings. The molecule has 0 atom stereocenters. The molecule has 0 aliphatic heterocycles. The van der Waals surface area contributed by atoms with E-state index in [4.69, 9.17) is 0 Å². The number of aromatic nitrogens is 2. The maximum absolute atomic E-state index is 12.2. The molecule has 100 valence electrons. The van der Waals surface area contributed by atoms with Gasteiger partial charge < -0.3 is 5.32 Å². The molecule has 4 nitrogen and oxygen atoms in total. The number of carbonyl (C=O) groups is 1. The quantitative estimate of drug-likeness (QED) is 0.901. The fourth-order valence-electron chi connectivity index (χ4n) is 1.70. The molecule has 0 saturated carbocycles. The van der Waals surface area contributed by atoms with Gasteiger partial charge in [-0.25, -0.2) is 0 Å². The molecule has 0 bridgehead atoms. The molecule has 1 heterocycles. The monoisotopic (exact) mass is 321 g/mol. The predicted octanol–water partition coefficient (Wildman–Crippen LogP) is 3.86. The Morgan fingerprint density at radius 3 is 2.79 bits per heavy atom. The lowest BCUT2D eigenvalue weighted by Gasteiger charge is -2.06. The summed E-state index contributed by atoms with van der Waals surface area (Å²) in [5.74, 6) is 0.725. The molecular formula is C14H16BrN3O. The topological polar surface area (TPSA) is 57.8 Å². The summed E-state index contributed by atoms with van der Waals surface area (Å²) in [6.07, 6.45) is 0. The lowest BCUT2D eigenvalue weighted by atomic mass is 10.1. The number of amides is 1. The molecular weight excluding hydrogens is 306 g/mol. The molecule has 0 fully saturated rings. The Morgan fingerprint density at radius 1 is 1.42 bits per heavy atom. The molecule has 2 aromatic rings. The van der Waals surface area contributed by atoms with E-state index in [0.29, 0.717) is 17.3 Å². The molecule has 5 heteroatoms. The summed E-state index contributed by atoms with van der Waals surface area (Å²) >= 11 is 3.43. The number of rotatable bonds is 3. The Bertz CT molecular complexity index is 604. The molecule has 2 rings (SSSR count). The SMILES string of the molecule is Cc1cccc(C(=O)Nc2cc(C(C)C)[nH]n2)c1Br. The first kappa shape index (κ1) is 13.8. The van der Waals surface area contributed by atoms with Crippen LogP contribution in [0.15, 0.2) is 28.7 Å². The van der Waals surface area contributed by atoms with E-state index in [1.807, 2.05) is 25.1 Å². The first-order valence-corrected chi connectivity index (χ1v) is 6.90. The number of carbonyl (C=O) groups excluding carboxylic acids is 1. The van der Waals surface area contributed by atoms with Crippen LogP contribution in [-0.4, -0.2) is 16.1 Å². The lowest BCUT2D eigenvalue weighted by Crippen LogP contribution is -2.13. The molecule has 0 saturated heterocycles. The highest BCUT2D eigenvalue weighted by Gasteiger charge is 2.13. The fraction of sp³-hybridized carbons (Fsp3) is 0.286. The van der Waals surface area contributed by atoms with E-state index in [9.17, 15) is 4.79 Å². The van der Waals surface area contributed by atoms with Crippen LogP contribution in [0, 0.1) is 6.92 Å². The average molecular weight is 322 g/mol. The maximum Gasteiger partial charge on any atom is 0.258 e. The zero-order valence-electron chi connectivity index (χ0n) is 11.1. The van der Waals surface area contributed by atoms with Crippen molar-refractivity contribution in [1.82, 2.24) is 10.2 Å². The molecule has 1 amide bonds. The molecule has 1 aromatic carbocycles. The fourth-order valence-corrected chi connectivity index (χ4v) is 2.15. The van der Waals surface area contributed by atoms with Crippen LogP contribution in [0.1, 0.15) is 41.4 Å². The lowest BCUT2D eigenvalue weighted by molar-refractivity contribution is 0.102. The number of hydrogen-bond donors (Lipinski definition) is 2. The van der Waals surface area contributed by atoms with Gasteiger partial charge in [-0.3, -0.25) is 9.89 Å². The molecule has 2 N–H and O–H groups in total.